The predicted molar refractivity (Wildman–Crippen MR) is 134 cm³/mol. The van der Waals surface area contributed by atoms with Crippen LogP contribution in [0.25, 0.3) is 11.3 Å². The number of aromatic hydroxyl groups is 1. The predicted octanol–water partition coefficient (Wildman–Crippen LogP) is 5.57. The summed E-state index contributed by atoms with van der Waals surface area (Å²) in [6.45, 7) is 0. The Morgan fingerprint density at radius 1 is 0.912 bits per heavy atom. The van der Waals surface area contributed by atoms with Gasteiger partial charge in [-0.05, 0) is 72.7 Å². The summed E-state index contributed by atoms with van der Waals surface area (Å²) < 4.78 is 0. The molecule has 2 N–H and O–H groups in total. The van der Waals surface area contributed by atoms with Gasteiger partial charge in [-0.2, -0.15) is 0 Å². The van der Waals surface area contributed by atoms with Crippen molar-refractivity contribution < 1.29 is 9.90 Å². The second kappa shape index (κ2) is 9.65. The SMILES string of the molecule is O=C(Cc1ccc(Cl)cc1)Nc1nc2c(nc1CCc1ccccc1)-c1ccc(O)cc1CC2. The highest BCUT2D eigenvalue weighted by Crippen LogP contribution is 2.34. The summed E-state index contributed by atoms with van der Waals surface area (Å²) in [5.41, 5.74) is 6.59. The molecule has 5 rings (SSSR count). The number of halogens is 1. The Morgan fingerprint density at radius 3 is 2.50 bits per heavy atom. The molecule has 5 nitrogen and oxygen atoms in total. The fraction of sp³-hybridized carbons (Fsp3) is 0.179. The van der Waals surface area contributed by atoms with E-state index < -0.39 is 0 Å². The number of nitrogens with one attached hydrogen (secondary N) is 1. The quantitative estimate of drug-likeness (QED) is 0.387. The van der Waals surface area contributed by atoms with E-state index in [4.69, 9.17) is 21.6 Å². The van der Waals surface area contributed by atoms with Gasteiger partial charge in [0.2, 0.25) is 5.91 Å². The Bertz CT molecular complexity index is 1340. The van der Waals surface area contributed by atoms with Crippen LogP contribution < -0.4 is 5.32 Å². The van der Waals surface area contributed by atoms with Crippen LogP contribution in [0.5, 0.6) is 5.75 Å². The van der Waals surface area contributed by atoms with Crippen molar-refractivity contribution in [3.05, 3.63) is 106 Å². The first-order valence-electron chi connectivity index (χ1n) is 11.4. The maximum Gasteiger partial charge on any atom is 0.229 e. The molecule has 0 aliphatic heterocycles. The third kappa shape index (κ3) is 4.95. The van der Waals surface area contributed by atoms with E-state index in [-0.39, 0.29) is 18.1 Å². The van der Waals surface area contributed by atoms with Crippen molar-refractivity contribution in [3.8, 4) is 17.0 Å². The van der Waals surface area contributed by atoms with Crippen LogP contribution in [0.2, 0.25) is 5.02 Å². The Hall–Kier alpha value is -3.70. The average molecular weight is 470 g/mol. The number of anilines is 1. The van der Waals surface area contributed by atoms with Crippen molar-refractivity contribution in [1.29, 1.82) is 0 Å². The van der Waals surface area contributed by atoms with Gasteiger partial charge in [0.25, 0.3) is 0 Å². The smallest absolute Gasteiger partial charge is 0.229 e. The van der Waals surface area contributed by atoms with Gasteiger partial charge in [0.15, 0.2) is 5.82 Å². The molecule has 0 fully saturated rings. The van der Waals surface area contributed by atoms with Crippen LogP contribution in [0.1, 0.15) is 28.1 Å². The topological polar surface area (TPSA) is 75.1 Å². The van der Waals surface area contributed by atoms with E-state index in [2.05, 4.69) is 17.4 Å². The molecule has 1 aromatic heterocycles. The Labute approximate surface area is 203 Å². The van der Waals surface area contributed by atoms with Gasteiger partial charge in [0.1, 0.15) is 5.75 Å². The monoisotopic (exact) mass is 469 g/mol. The molecule has 0 saturated heterocycles. The van der Waals surface area contributed by atoms with Crippen LogP contribution in [0.15, 0.2) is 72.8 Å². The first-order valence-corrected chi connectivity index (χ1v) is 11.7. The molecule has 3 aromatic carbocycles. The van der Waals surface area contributed by atoms with E-state index in [0.717, 1.165) is 46.6 Å². The number of amides is 1. The highest BCUT2D eigenvalue weighted by molar-refractivity contribution is 6.30. The number of phenolic OH excluding ortho intramolecular Hbond substituents is 1. The molecule has 1 heterocycles. The van der Waals surface area contributed by atoms with Crippen LogP contribution in [0.3, 0.4) is 0 Å². The molecule has 0 radical (unpaired) electrons. The standard InChI is InChI=1S/C28H24ClN3O2/c29-21-10-6-19(7-11-21)16-26(34)32-28-25(14-8-18-4-2-1-3-5-18)30-27-23-13-12-22(33)17-20(23)9-15-24(27)31-28/h1-7,10-13,17,33H,8-9,14-16H2,(H,31,32,34). The minimum Gasteiger partial charge on any atom is -0.508 e. The van der Waals surface area contributed by atoms with Crippen LogP contribution in [-0.2, 0) is 36.9 Å². The van der Waals surface area contributed by atoms with Gasteiger partial charge >= 0.3 is 0 Å². The maximum absolute atomic E-state index is 12.9. The zero-order chi connectivity index (χ0) is 23.5. The number of carbonyl (C=O) groups is 1. The van der Waals surface area contributed by atoms with Crippen molar-refractivity contribution in [3.63, 3.8) is 0 Å². The summed E-state index contributed by atoms with van der Waals surface area (Å²) in [6.07, 6.45) is 3.14. The summed E-state index contributed by atoms with van der Waals surface area (Å²) >= 11 is 5.96. The minimum absolute atomic E-state index is 0.140. The first-order chi connectivity index (χ1) is 16.5. The van der Waals surface area contributed by atoms with Crippen LogP contribution in [0, 0.1) is 0 Å². The normalized spacial score (nSPS) is 12.0. The van der Waals surface area contributed by atoms with Gasteiger partial charge in [0.05, 0.1) is 23.5 Å². The van der Waals surface area contributed by atoms with Gasteiger partial charge in [-0.3, -0.25) is 4.79 Å². The summed E-state index contributed by atoms with van der Waals surface area (Å²) in [6, 6.07) is 22.8. The lowest BCUT2D eigenvalue weighted by Gasteiger charge is -2.21. The first kappa shape index (κ1) is 22.1. The summed E-state index contributed by atoms with van der Waals surface area (Å²) in [4.78, 5) is 22.7. The van der Waals surface area contributed by atoms with E-state index in [9.17, 15) is 9.90 Å². The lowest BCUT2D eigenvalue weighted by molar-refractivity contribution is -0.115. The molecule has 1 amide bonds. The molecule has 1 aliphatic rings. The Balaban J connectivity index is 1.46. The molecule has 4 aromatic rings. The minimum atomic E-state index is -0.140. The fourth-order valence-corrected chi connectivity index (χ4v) is 4.44. The van der Waals surface area contributed by atoms with Crippen molar-refractivity contribution in [1.82, 2.24) is 9.97 Å². The molecule has 0 saturated carbocycles. The van der Waals surface area contributed by atoms with Crippen molar-refractivity contribution in [2.75, 3.05) is 5.32 Å². The van der Waals surface area contributed by atoms with Gasteiger partial charge < -0.3 is 10.4 Å². The van der Waals surface area contributed by atoms with Gasteiger partial charge in [-0.25, -0.2) is 9.97 Å². The summed E-state index contributed by atoms with van der Waals surface area (Å²) in [7, 11) is 0. The number of benzene rings is 3. The number of aromatic nitrogens is 2. The second-order valence-corrected chi connectivity index (χ2v) is 8.93. The lowest BCUT2D eigenvalue weighted by atomic mass is 9.91. The molecular formula is C28H24ClN3O2. The Kier molecular flexibility index (Phi) is 6.28. The van der Waals surface area contributed by atoms with Crippen LogP contribution in [0.4, 0.5) is 5.82 Å². The Morgan fingerprint density at radius 2 is 1.71 bits per heavy atom. The number of rotatable bonds is 6. The van der Waals surface area contributed by atoms with Gasteiger partial charge in [-0.1, -0.05) is 54.1 Å². The number of phenols is 1. The molecule has 0 unspecified atom stereocenters. The molecule has 34 heavy (non-hydrogen) atoms. The zero-order valence-corrected chi connectivity index (χ0v) is 19.3. The van der Waals surface area contributed by atoms with Crippen molar-refractivity contribution in [2.24, 2.45) is 0 Å². The number of hydrogen-bond acceptors (Lipinski definition) is 4. The third-order valence-corrected chi connectivity index (χ3v) is 6.30. The summed E-state index contributed by atoms with van der Waals surface area (Å²) in [5, 5.41) is 13.5. The highest BCUT2D eigenvalue weighted by Gasteiger charge is 2.23. The van der Waals surface area contributed by atoms with E-state index >= 15 is 0 Å². The molecule has 0 spiro atoms. The fourth-order valence-electron chi connectivity index (χ4n) is 4.31. The molecule has 1 aliphatic carbocycles. The van der Waals surface area contributed by atoms with E-state index in [1.54, 1.807) is 24.3 Å². The van der Waals surface area contributed by atoms with Crippen LogP contribution >= 0.6 is 11.6 Å². The van der Waals surface area contributed by atoms with E-state index in [0.29, 0.717) is 23.7 Å². The molecule has 0 bridgehead atoms. The highest BCUT2D eigenvalue weighted by atomic mass is 35.5. The number of carbonyl (C=O) groups excluding carboxylic acids is 1. The van der Waals surface area contributed by atoms with E-state index in [1.807, 2.05) is 36.4 Å². The van der Waals surface area contributed by atoms with Gasteiger partial charge in [0, 0.05) is 10.6 Å². The third-order valence-electron chi connectivity index (χ3n) is 6.04. The van der Waals surface area contributed by atoms with Crippen LogP contribution in [-0.4, -0.2) is 21.0 Å². The zero-order valence-electron chi connectivity index (χ0n) is 18.6. The maximum atomic E-state index is 12.9. The summed E-state index contributed by atoms with van der Waals surface area (Å²) in [5.74, 6) is 0.639. The number of hydrogen-bond donors (Lipinski definition) is 2. The molecular weight excluding hydrogens is 446 g/mol. The van der Waals surface area contributed by atoms with Crippen molar-refractivity contribution >= 4 is 23.3 Å². The van der Waals surface area contributed by atoms with E-state index in [1.165, 1.54) is 5.56 Å². The largest absolute Gasteiger partial charge is 0.508 e. The average Bonchev–Trinajstić information content (AvgIpc) is 2.84. The number of fused-ring (bicyclic) bond motifs is 3. The number of nitrogens with zero attached hydrogens (tertiary/aromatic N) is 2. The van der Waals surface area contributed by atoms with Gasteiger partial charge in [-0.15, -0.1) is 0 Å². The molecule has 6 heteroatoms. The van der Waals surface area contributed by atoms with Crippen molar-refractivity contribution in [2.45, 2.75) is 32.1 Å². The second-order valence-electron chi connectivity index (χ2n) is 8.49. The number of aryl methyl sites for hydroxylation is 4. The molecule has 170 valence electrons. The molecule has 0 atom stereocenters. The lowest BCUT2D eigenvalue weighted by Crippen LogP contribution is -2.20.